The summed E-state index contributed by atoms with van der Waals surface area (Å²) < 4.78 is 73.0. The number of hydrogen-bond donors (Lipinski definition) is 3. The van der Waals surface area contributed by atoms with E-state index in [2.05, 4.69) is 12.1 Å². The Morgan fingerprint density at radius 3 is 1.68 bits per heavy atom. The lowest BCUT2D eigenvalue weighted by molar-refractivity contribution is -0.226. The Morgan fingerprint density at radius 2 is 1.19 bits per heavy atom. The molecule has 2 unspecified atom stereocenters. The third-order valence-electron chi connectivity index (χ3n) is 13.5. The van der Waals surface area contributed by atoms with Gasteiger partial charge in [0.25, 0.3) is 0 Å². The van der Waals surface area contributed by atoms with Crippen molar-refractivity contribution in [2.24, 2.45) is 5.92 Å². The number of aliphatic hydroxyl groups is 3. The number of methoxy groups -OCH3 is 2. The zero-order chi connectivity index (χ0) is 54.5. The number of carbonyl (C=O) groups excluding carboxylic acids is 2. The molecular formula is C58H66F2O13S2. The van der Waals surface area contributed by atoms with Gasteiger partial charge >= 0.3 is 11.9 Å². The van der Waals surface area contributed by atoms with E-state index in [9.17, 15) is 28.6 Å². The van der Waals surface area contributed by atoms with Crippen LogP contribution in [0.3, 0.4) is 0 Å². The molecule has 5 heterocycles. The summed E-state index contributed by atoms with van der Waals surface area (Å²) in [4.78, 5) is 28.4. The molecular weight excluding hydrogens is 1010 g/mol. The van der Waals surface area contributed by atoms with Crippen LogP contribution in [0.25, 0.3) is 20.9 Å². The number of aliphatic hydroxyl groups excluding tert-OH is 3. The summed E-state index contributed by atoms with van der Waals surface area (Å²) in [6.07, 6.45) is -5.67. The van der Waals surface area contributed by atoms with Crippen molar-refractivity contribution in [1.82, 2.24) is 0 Å². The van der Waals surface area contributed by atoms with Gasteiger partial charge in [0.05, 0.1) is 20.3 Å². The van der Waals surface area contributed by atoms with Crippen molar-refractivity contribution in [3.63, 3.8) is 0 Å². The molecule has 6 aromatic rings. The number of carbonyl (C=O) groups is 2. The summed E-state index contributed by atoms with van der Waals surface area (Å²) in [5.74, 6) is -1.36. The summed E-state index contributed by atoms with van der Waals surface area (Å²) in [5, 5.41) is 29.1. The molecule has 0 spiro atoms. The first kappa shape index (κ1) is 57.1. The summed E-state index contributed by atoms with van der Waals surface area (Å²) >= 11 is 3.29. The second kappa shape index (κ2) is 24.6. The highest BCUT2D eigenvalue weighted by molar-refractivity contribution is 7.15. The predicted octanol–water partition coefficient (Wildman–Crippen LogP) is 10.8. The summed E-state index contributed by atoms with van der Waals surface area (Å²) in [7, 11) is 4.14. The fourth-order valence-electron chi connectivity index (χ4n) is 9.60. The second-order valence-corrected chi connectivity index (χ2v) is 21.6. The van der Waals surface area contributed by atoms with E-state index in [1.54, 1.807) is 75.0 Å². The Kier molecular flexibility index (Phi) is 18.7. The highest BCUT2D eigenvalue weighted by atomic mass is 32.1. The zero-order valence-corrected chi connectivity index (χ0v) is 45.6. The molecule has 75 heavy (non-hydrogen) atoms. The molecule has 13 nitrogen and oxygen atoms in total. The van der Waals surface area contributed by atoms with Gasteiger partial charge in [0.2, 0.25) is 0 Å². The summed E-state index contributed by atoms with van der Waals surface area (Å²) in [6, 6.07) is 28.9. The van der Waals surface area contributed by atoms with Crippen LogP contribution in [-0.2, 0) is 50.9 Å². The molecule has 3 aliphatic heterocycles. The van der Waals surface area contributed by atoms with Crippen LogP contribution in [-0.4, -0.2) is 97.3 Å². The van der Waals surface area contributed by atoms with Gasteiger partial charge in [-0.2, -0.15) is 0 Å². The minimum atomic E-state index is -1.14. The van der Waals surface area contributed by atoms with Gasteiger partial charge in [-0.25, -0.2) is 8.78 Å². The Labute approximate surface area is 444 Å². The minimum absolute atomic E-state index is 0.189. The molecule has 3 N–H and O–H groups in total. The van der Waals surface area contributed by atoms with E-state index in [1.807, 2.05) is 64.1 Å². The number of thiophene rings is 2. The average Bonchev–Trinajstić information content (AvgIpc) is 4.18. The van der Waals surface area contributed by atoms with E-state index < -0.39 is 66.7 Å². The van der Waals surface area contributed by atoms with E-state index in [0.717, 1.165) is 65.6 Å². The lowest BCUT2D eigenvalue weighted by Crippen LogP contribution is -2.52. The van der Waals surface area contributed by atoms with Gasteiger partial charge in [-0.15, -0.1) is 22.7 Å². The lowest BCUT2D eigenvalue weighted by atomic mass is 9.84. The topological polar surface area (TPSA) is 169 Å². The fraction of sp³-hybridized carbons (Fsp3) is 0.414. The van der Waals surface area contributed by atoms with Gasteiger partial charge in [0, 0.05) is 70.4 Å². The highest BCUT2D eigenvalue weighted by Gasteiger charge is 2.56. The molecule has 0 saturated carbocycles. The Hall–Kier alpha value is -5.60. The molecule has 3 saturated heterocycles. The number of fused-ring (bicyclic) bond motifs is 1. The molecule has 3 fully saturated rings. The van der Waals surface area contributed by atoms with Crippen LogP contribution in [0.15, 0.2) is 97.1 Å². The van der Waals surface area contributed by atoms with Crippen LogP contribution in [0.4, 0.5) is 8.78 Å². The zero-order valence-electron chi connectivity index (χ0n) is 43.9. The number of rotatable bonds is 13. The molecule has 2 aromatic heterocycles. The average molecular weight is 1070 g/mol. The molecule has 17 heteroatoms. The van der Waals surface area contributed by atoms with Gasteiger partial charge < -0.3 is 53.2 Å². The van der Waals surface area contributed by atoms with E-state index in [1.165, 1.54) is 38.1 Å². The third kappa shape index (κ3) is 13.3. The number of esters is 2. The number of halogens is 2. The number of aryl methyl sites for hydroxylation is 2. The Bertz CT molecular complexity index is 2900. The van der Waals surface area contributed by atoms with Crippen molar-refractivity contribution in [2.75, 3.05) is 21.3 Å². The van der Waals surface area contributed by atoms with Crippen LogP contribution in [0.2, 0.25) is 0 Å². The monoisotopic (exact) mass is 1070 g/mol. The molecule has 0 radical (unpaired) electrons. The summed E-state index contributed by atoms with van der Waals surface area (Å²) in [5.41, 5.74) is 7.34. The van der Waals surface area contributed by atoms with Crippen molar-refractivity contribution in [2.45, 2.75) is 129 Å². The standard InChI is InChI=1S/C30H33FO6S.C27H29FO6S.CH4O/c1-16-13-26(34-6)25(29-30(37-20(5)33)28(36-19(4)32)17(2)18(3)35-29)15-22(16)14-24-11-12-27(38-24)21-7-9-23(31)10-8-21;1-14-11-20(31-4)19(22(29)24-23(30)25-26(32-24)34-27(2,3)33-25)13-16(14)12-18-9-10-21(35-18)15-5-7-17(28)8-6-15;1-2/h7-13,15,17-18,28-30H,14H2,1-6H3;5-11,13,22-26,29-30H,12H2,1-4H3;2H,1H3/t17-,18-,28+,29?,30-;22?,23-,24+,25+,26+;/m11./s1. The Morgan fingerprint density at radius 1 is 0.693 bits per heavy atom. The number of benzene rings is 4. The Balaban J connectivity index is 0.000000212. The highest BCUT2D eigenvalue weighted by Crippen LogP contribution is 2.45. The van der Waals surface area contributed by atoms with Crippen LogP contribution < -0.4 is 9.47 Å². The molecule has 402 valence electrons. The van der Waals surface area contributed by atoms with Crippen LogP contribution in [0.5, 0.6) is 11.5 Å². The fourth-order valence-corrected chi connectivity index (χ4v) is 11.7. The number of hydrogen-bond acceptors (Lipinski definition) is 15. The molecule has 9 rings (SSSR count). The minimum Gasteiger partial charge on any atom is -0.496 e. The molecule has 4 aromatic carbocycles. The quantitative estimate of drug-likeness (QED) is 0.0936. The maximum Gasteiger partial charge on any atom is 0.303 e. The van der Waals surface area contributed by atoms with E-state index in [4.69, 9.17) is 43.0 Å². The van der Waals surface area contributed by atoms with Crippen molar-refractivity contribution < 1.29 is 71.6 Å². The van der Waals surface area contributed by atoms with Crippen LogP contribution in [0.1, 0.15) is 96.9 Å². The number of ether oxygens (including phenoxy) is 8. The molecule has 0 aliphatic carbocycles. The molecule has 0 amide bonds. The van der Waals surface area contributed by atoms with Gasteiger partial charge in [-0.1, -0.05) is 31.2 Å². The van der Waals surface area contributed by atoms with Crippen LogP contribution >= 0.6 is 22.7 Å². The van der Waals surface area contributed by atoms with Gasteiger partial charge in [-0.3, -0.25) is 9.59 Å². The maximum atomic E-state index is 13.4. The lowest BCUT2D eigenvalue weighted by Gasteiger charge is -2.44. The first-order valence-corrected chi connectivity index (χ1v) is 26.2. The van der Waals surface area contributed by atoms with E-state index in [-0.39, 0.29) is 23.7 Å². The third-order valence-corrected chi connectivity index (χ3v) is 15.8. The van der Waals surface area contributed by atoms with Crippen LogP contribution in [0, 0.1) is 31.4 Å². The molecule has 0 bridgehead atoms. The maximum absolute atomic E-state index is 13.4. The normalized spacial score (nSPS) is 23.9. The van der Waals surface area contributed by atoms with Crippen molar-refractivity contribution in [3.05, 3.63) is 152 Å². The van der Waals surface area contributed by atoms with E-state index in [0.29, 0.717) is 29.9 Å². The van der Waals surface area contributed by atoms with Crippen molar-refractivity contribution >= 4 is 34.6 Å². The SMILES string of the molecule is CO.COc1cc(C)c(Cc2ccc(-c3ccc(F)cc3)s2)cc1C(O)[C@@H]1O[C@H]2OC(C)(C)O[C@H]2[C@@H]1O.COc1cc(C)c(Cc2ccc(-c3ccc(F)cc3)s2)cc1C1O[C@H](C)[C@@H](C)[C@H](OC(C)=O)[C@H]1OC(C)=O. The largest absolute Gasteiger partial charge is 0.496 e. The smallest absolute Gasteiger partial charge is 0.303 e. The first-order chi connectivity index (χ1) is 35.7. The molecule has 10 atom stereocenters. The van der Waals surface area contributed by atoms with Crippen molar-refractivity contribution in [3.8, 4) is 32.4 Å². The molecule has 3 aliphatic rings. The van der Waals surface area contributed by atoms with Gasteiger partial charge in [0.15, 0.2) is 18.2 Å². The van der Waals surface area contributed by atoms with Gasteiger partial charge in [-0.05, 0) is 141 Å². The second-order valence-electron chi connectivity index (χ2n) is 19.2. The van der Waals surface area contributed by atoms with E-state index >= 15 is 0 Å². The summed E-state index contributed by atoms with van der Waals surface area (Å²) in [6.45, 7) is 14.0. The van der Waals surface area contributed by atoms with Crippen molar-refractivity contribution in [1.29, 1.82) is 0 Å². The predicted molar refractivity (Wildman–Crippen MR) is 282 cm³/mol. The first-order valence-electron chi connectivity index (χ1n) is 24.6. The van der Waals surface area contributed by atoms with Gasteiger partial charge in [0.1, 0.15) is 59.8 Å².